The average Bonchev–Trinajstić information content (AvgIpc) is 3.14. The van der Waals surface area contributed by atoms with Gasteiger partial charge in [0.2, 0.25) is 0 Å². The maximum atomic E-state index is 12.0. The third-order valence-electron chi connectivity index (χ3n) is 4.33. The van der Waals surface area contributed by atoms with E-state index >= 15 is 0 Å². The number of aryl methyl sites for hydroxylation is 2. The van der Waals surface area contributed by atoms with E-state index in [1.54, 1.807) is 6.08 Å². The lowest BCUT2D eigenvalue weighted by atomic mass is 10.1. The van der Waals surface area contributed by atoms with Crippen molar-refractivity contribution in [3.63, 3.8) is 0 Å². The van der Waals surface area contributed by atoms with Gasteiger partial charge >= 0.3 is 5.97 Å². The quantitative estimate of drug-likeness (QED) is 0.599. The molecular formula is C22H23NO4. The van der Waals surface area contributed by atoms with Crippen LogP contribution in [0.4, 0.5) is 5.69 Å². The zero-order valence-electron chi connectivity index (χ0n) is 15.4. The number of benzene rings is 2. The van der Waals surface area contributed by atoms with Crippen molar-refractivity contribution in [2.75, 3.05) is 18.5 Å². The summed E-state index contributed by atoms with van der Waals surface area (Å²) in [6.07, 6.45) is 6.24. The van der Waals surface area contributed by atoms with Crippen LogP contribution in [0.25, 0.3) is 6.08 Å². The van der Waals surface area contributed by atoms with Gasteiger partial charge in [0.15, 0.2) is 6.61 Å². The van der Waals surface area contributed by atoms with E-state index in [9.17, 15) is 9.59 Å². The van der Waals surface area contributed by atoms with Crippen LogP contribution in [0.15, 0.2) is 48.5 Å². The van der Waals surface area contributed by atoms with E-state index in [1.807, 2.05) is 49.4 Å². The maximum Gasteiger partial charge on any atom is 0.331 e. The van der Waals surface area contributed by atoms with Crippen molar-refractivity contribution in [3.05, 3.63) is 65.2 Å². The van der Waals surface area contributed by atoms with Gasteiger partial charge in [0, 0.05) is 11.8 Å². The largest absolute Gasteiger partial charge is 0.494 e. The van der Waals surface area contributed by atoms with Crippen molar-refractivity contribution in [2.45, 2.75) is 26.2 Å². The van der Waals surface area contributed by atoms with Crippen LogP contribution in [0, 0.1) is 0 Å². The van der Waals surface area contributed by atoms with E-state index in [0.717, 1.165) is 36.3 Å². The van der Waals surface area contributed by atoms with Crippen LogP contribution in [-0.2, 0) is 27.2 Å². The zero-order valence-corrected chi connectivity index (χ0v) is 15.4. The van der Waals surface area contributed by atoms with Crippen molar-refractivity contribution >= 4 is 23.6 Å². The average molecular weight is 365 g/mol. The number of nitrogens with one attached hydrogen (secondary N) is 1. The normalized spacial score (nSPS) is 12.6. The predicted octanol–water partition coefficient (Wildman–Crippen LogP) is 3.77. The van der Waals surface area contributed by atoms with Crippen LogP contribution in [0.5, 0.6) is 5.75 Å². The van der Waals surface area contributed by atoms with Gasteiger partial charge in [-0.05, 0) is 73.2 Å². The Morgan fingerprint density at radius 3 is 2.63 bits per heavy atom. The van der Waals surface area contributed by atoms with Gasteiger partial charge in [-0.2, -0.15) is 0 Å². The Kier molecular flexibility index (Phi) is 6.26. The molecular weight excluding hydrogens is 342 g/mol. The van der Waals surface area contributed by atoms with Gasteiger partial charge in [0.25, 0.3) is 5.91 Å². The van der Waals surface area contributed by atoms with E-state index in [0.29, 0.717) is 6.61 Å². The molecule has 0 atom stereocenters. The van der Waals surface area contributed by atoms with Gasteiger partial charge in [0.05, 0.1) is 6.61 Å². The highest BCUT2D eigenvalue weighted by Crippen LogP contribution is 2.24. The summed E-state index contributed by atoms with van der Waals surface area (Å²) in [5.41, 5.74) is 4.21. The zero-order chi connectivity index (χ0) is 19.1. The molecule has 1 amide bonds. The van der Waals surface area contributed by atoms with Crippen LogP contribution in [0.1, 0.15) is 30.0 Å². The monoisotopic (exact) mass is 365 g/mol. The number of hydrogen-bond acceptors (Lipinski definition) is 4. The summed E-state index contributed by atoms with van der Waals surface area (Å²) < 4.78 is 10.4. The molecule has 0 heterocycles. The summed E-state index contributed by atoms with van der Waals surface area (Å²) in [6, 6.07) is 13.3. The molecule has 3 rings (SSSR count). The first-order valence-corrected chi connectivity index (χ1v) is 9.13. The number of carbonyl (C=O) groups is 2. The molecule has 5 nitrogen and oxygen atoms in total. The molecule has 0 saturated carbocycles. The first kappa shape index (κ1) is 18.7. The standard InChI is InChI=1S/C22H23NO4/c1-2-26-20-11-6-16(7-12-20)8-13-22(25)27-15-21(24)23-19-10-9-17-4-3-5-18(17)14-19/h6-14H,2-5,15H2,1H3,(H,23,24)/b13-8+. The third-order valence-corrected chi connectivity index (χ3v) is 4.33. The molecule has 0 saturated heterocycles. The predicted molar refractivity (Wildman–Crippen MR) is 105 cm³/mol. The van der Waals surface area contributed by atoms with Gasteiger partial charge in [-0.25, -0.2) is 4.79 Å². The molecule has 27 heavy (non-hydrogen) atoms. The molecule has 0 fully saturated rings. The fourth-order valence-electron chi connectivity index (χ4n) is 3.04. The van der Waals surface area contributed by atoms with Crippen LogP contribution >= 0.6 is 0 Å². The lowest BCUT2D eigenvalue weighted by molar-refractivity contribution is -0.142. The van der Waals surface area contributed by atoms with E-state index in [-0.39, 0.29) is 12.5 Å². The molecule has 1 aliphatic rings. The first-order chi connectivity index (χ1) is 13.1. The second-order valence-corrected chi connectivity index (χ2v) is 6.33. The lowest BCUT2D eigenvalue weighted by Gasteiger charge is -2.07. The highest BCUT2D eigenvalue weighted by molar-refractivity contribution is 5.94. The molecule has 0 unspecified atom stereocenters. The van der Waals surface area contributed by atoms with Crippen molar-refractivity contribution in [3.8, 4) is 5.75 Å². The summed E-state index contributed by atoms with van der Waals surface area (Å²) in [4.78, 5) is 23.7. The van der Waals surface area contributed by atoms with E-state index in [4.69, 9.17) is 9.47 Å². The Labute approximate surface area is 159 Å². The molecule has 0 radical (unpaired) electrons. The third kappa shape index (κ3) is 5.45. The molecule has 1 aliphatic carbocycles. The molecule has 1 N–H and O–H groups in total. The number of hydrogen-bond donors (Lipinski definition) is 1. The van der Waals surface area contributed by atoms with Gasteiger partial charge in [-0.15, -0.1) is 0 Å². The van der Waals surface area contributed by atoms with Crippen LogP contribution < -0.4 is 10.1 Å². The topological polar surface area (TPSA) is 64.6 Å². The summed E-state index contributed by atoms with van der Waals surface area (Å²) in [5, 5.41) is 2.76. The van der Waals surface area contributed by atoms with Crippen molar-refractivity contribution < 1.29 is 19.1 Å². The Morgan fingerprint density at radius 1 is 1.07 bits per heavy atom. The van der Waals surface area contributed by atoms with Crippen LogP contribution in [-0.4, -0.2) is 25.1 Å². The van der Waals surface area contributed by atoms with E-state index in [1.165, 1.54) is 17.2 Å². The minimum absolute atomic E-state index is 0.316. The Bertz CT molecular complexity index is 840. The highest BCUT2D eigenvalue weighted by atomic mass is 16.5. The number of rotatable bonds is 7. The first-order valence-electron chi connectivity index (χ1n) is 9.13. The molecule has 0 spiro atoms. The minimum Gasteiger partial charge on any atom is -0.494 e. The summed E-state index contributed by atoms with van der Waals surface area (Å²) in [5.74, 6) is -0.135. The van der Waals surface area contributed by atoms with Gasteiger partial charge in [0.1, 0.15) is 5.75 Å². The Hall–Kier alpha value is -3.08. The second-order valence-electron chi connectivity index (χ2n) is 6.33. The van der Waals surface area contributed by atoms with Crippen molar-refractivity contribution in [1.29, 1.82) is 0 Å². The smallest absolute Gasteiger partial charge is 0.331 e. The number of amides is 1. The molecule has 5 heteroatoms. The Balaban J connectivity index is 1.44. The molecule has 0 aromatic heterocycles. The molecule has 2 aromatic rings. The summed E-state index contributed by atoms with van der Waals surface area (Å²) in [6.45, 7) is 2.21. The fourth-order valence-corrected chi connectivity index (χ4v) is 3.04. The summed E-state index contributed by atoms with van der Waals surface area (Å²) in [7, 11) is 0. The highest BCUT2D eigenvalue weighted by Gasteiger charge is 2.12. The van der Waals surface area contributed by atoms with Crippen molar-refractivity contribution in [2.24, 2.45) is 0 Å². The maximum absolute atomic E-state index is 12.0. The number of fused-ring (bicyclic) bond motifs is 1. The van der Waals surface area contributed by atoms with Crippen LogP contribution in [0.2, 0.25) is 0 Å². The molecule has 0 aliphatic heterocycles. The summed E-state index contributed by atoms with van der Waals surface area (Å²) >= 11 is 0. The van der Waals surface area contributed by atoms with Gasteiger partial charge < -0.3 is 14.8 Å². The second kappa shape index (κ2) is 9.03. The van der Waals surface area contributed by atoms with E-state index in [2.05, 4.69) is 5.32 Å². The lowest BCUT2D eigenvalue weighted by Crippen LogP contribution is -2.20. The number of ether oxygens (including phenoxy) is 2. The SMILES string of the molecule is CCOc1ccc(/C=C/C(=O)OCC(=O)Nc2ccc3c(c2)CCC3)cc1. The molecule has 0 bridgehead atoms. The Morgan fingerprint density at radius 2 is 1.85 bits per heavy atom. The number of esters is 1. The minimum atomic E-state index is -0.562. The van der Waals surface area contributed by atoms with Gasteiger partial charge in [-0.3, -0.25) is 4.79 Å². The van der Waals surface area contributed by atoms with Crippen LogP contribution in [0.3, 0.4) is 0 Å². The van der Waals surface area contributed by atoms with Crippen molar-refractivity contribution in [1.82, 2.24) is 0 Å². The fraction of sp³-hybridized carbons (Fsp3) is 0.273. The number of anilines is 1. The number of carbonyl (C=O) groups excluding carboxylic acids is 2. The van der Waals surface area contributed by atoms with Gasteiger partial charge in [-0.1, -0.05) is 18.2 Å². The molecule has 2 aromatic carbocycles. The van der Waals surface area contributed by atoms with E-state index < -0.39 is 5.97 Å². The molecule has 140 valence electrons.